The molecule has 5 nitrogen and oxygen atoms in total. The molecule has 0 aromatic rings. The van der Waals surface area contributed by atoms with Crippen LogP contribution >= 0.6 is 7.82 Å². The van der Waals surface area contributed by atoms with E-state index in [9.17, 15) is 4.57 Å². The lowest BCUT2D eigenvalue weighted by atomic mass is 10.0. The summed E-state index contributed by atoms with van der Waals surface area (Å²) in [7, 11) is -4.27. The molecular weight excluding hydrogens is 567 g/mol. The summed E-state index contributed by atoms with van der Waals surface area (Å²) in [5, 5.41) is 8.79. The number of phosphoric ester groups is 1. The fourth-order valence-electron chi connectivity index (χ4n) is 6.41. The van der Waals surface area contributed by atoms with Crippen molar-refractivity contribution in [2.75, 3.05) is 13.2 Å². The van der Waals surface area contributed by atoms with Crippen molar-refractivity contribution in [3.63, 3.8) is 0 Å². The normalized spacial score (nSPS) is 12.0. The molecule has 0 unspecified atom stereocenters. The van der Waals surface area contributed by atoms with Gasteiger partial charge in [0.05, 0.1) is 6.61 Å². The highest BCUT2D eigenvalue weighted by atomic mass is 31.2. The second-order valence-corrected chi connectivity index (χ2v) is 15.0. The minimum absolute atomic E-state index is 0.168. The van der Waals surface area contributed by atoms with Crippen molar-refractivity contribution in [1.29, 1.82) is 0 Å². The summed E-state index contributed by atoms with van der Waals surface area (Å²) < 4.78 is 15.1. The number of aliphatic hydroxyl groups excluding tert-OH is 1. The smallest absolute Gasteiger partial charge is 0.396 e. The summed E-state index contributed by atoms with van der Waals surface area (Å²) in [6.07, 6.45) is 48.9. The predicted octanol–water partition coefficient (Wildman–Crippen LogP) is 13.1. The van der Waals surface area contributed by atoms with Gasteiger partial charge in [-0.05, 0) is 12.8 Å². The molecule has 0 bridgehead atoms. The number of rotatable bonds is 39. The van der Waals surface area contributed by atoms with Gasteiger partial charge in [-0.1, -0.05) is 218 Å². The van der Waals surface area contributed by atoms with Crippen molar-refractivity contribution < 1.29 is 24.0 Å². The SMILES string of the molecule is O=P(O)(O)OCCCCCCCCCCCCCCCCCCCCCCCCCCCCCCCCCCCCCCO. The molecule has 0 aliphatic heterocycles. The van der Waals surface area contributed by atoms with E-state index in [1.54, 1.807) is 0 Å². The summed E-state index contributed by atoms with van der Waals surface area (Å²) in [4.78, 5) is 17.3. The van der Waals surface area contributed by atoms with E-state index in [0.29, 0.717) is 6.61 Å². The second-order valence-electron chi connectivity index (χ2n) is 13.8. The van der Waals surface area contributed by atoms with Crippen LogP contribution in [0.25, 0.3) is 0 Å². The van der Waals surface area contributed by atoms with Crippen LogP contribution in [0.1, 0.15) is 231 Å². The molecule has 0 saturated carbocycles. The summed E-state index contributed by atoms with van der Waals surface area (Å²) >= 11 is 0. The molecule has 0 aromatic heterocycles. The zero-order chi connectivity index (χ0) is 32.1. The zero-order valence-electron chi connectivity index (χ0n) is 29.5. The van der Waals surface area contributed by atoms with Crippen molar-refractivity contribution in [2.45, 2.75) is 231 Å². The molecule has 0 aliphatic carbocycles. The molecule has 0 radical (unpaired) electrons. The monoisotopic (exact) mass is 647 g/mol. The van der Waals surface area contributed by atoms with E-state index < -0.39 is 7.82 Å². The Bertz CT molecular complexity index is 567. The molecular formula is C38H79O5P. The topological polar surface area (TPSA) is 87.0 Å². The zero-order valence-corrected chi connectivity index (χ0v) is 30.4. The molecule has 0 atom stereocenters. The van der Waals surface area contributed by atoms with E-state index in [0.717, 1.165) is 25.7 Å². The molecule has 0 amide bonds. The first-order valence-electron chi connectivity index (χ1n) is 19.9. The van der Waals surface area contributed by atoms with Crippen molar-refractivity contribution in [3.05, 3.63) is 0 Å². The first-order chi connectivity index (χ1) is 21.6. The van der Waals surface area contributed by atoms with Gasteiger partial charge >= 0.3 is 7.82 Å². The first-order valence-corrected chi connectivity index (χ1v) is 21.4. The molecule has 0 rings (SSSR count). The van der Waals surface area contributed by atoms with Gasteiger partial charge in [-0.25, -0.2) is 4.57 Å². The fourth-order valence-corrected chi connectivity index (χ4v) is 6.77. The Morgan fingerprint density at radius 2 is 0.455 bits per heavy atom. The number of unbranched alkanes of at least 4 members (excludes halogenated alkanes) is 35. The van der Waals surface area contributed by atoms with Crippen LogP contribution in [0.5, 0.6) is 0 Å². The highest BCUT2D eigenvalue weighted by molar-refractivity contribution is 7.46. The van der Waals surface area contributed by atoms with Crippen molar-refractivity contribution >= 4 is 7.82 Å². The molecule has 0 spiro atoms. The molecule has 0 aromatic carbocycles. The minimum Gasteiger partial charge on any atom is -0.396 e. The average molecular weight is 647 g/mol. The van der Waals surface area contributed by atoms with Crippen LogP contribution in [0.2, 0.25) is 0 Å². The summed E-state index contributed by atoms with van der Waals surface area (Å²) in [5.74, 6) is 0. The Morgan fingerprint density at radius 3 is 0.614 bits per heavy atom. The van der Waals surface area contributed by atoms with Gasteiger partial charge in [0, 0.05) is 6.61 Å². The molecule has 3 N–H and O–H groups in total. The van der Waals surface area contributed by atoms with E-state index in [4.69, 9.17) is 14.9 Å². The Balaban J connectivity index is 3.05. The van der Waals surface area contributed by atoms with Crippen LogP contribution in [-0.4, -0.2) is 28.1 Å². The number of aliphatic hydroxyl groups is 1. The number of hydrogen-bond acceptors (Lipinski definition) is 3. The minimum atomic E-state index is -4.27. The van der Waals surface area contributed by atoms with Gasteiger partial charge in [0.2, 0.25) is 0 Å². The molecule has 6 heteroatoms. The maximum absolute atomic E-state index is 10.6. The number of hydrogen-bond donors (Lipinski definition) is 3. The Hall–Kier alpha value is 0.0700. The molecule has 0 heterocycles. The van der Waals surface area contributed by atoms with E-state index in [2.05, 4.69) is 4.52 Å². The van der Waals surface area contributed by atoms with E-state index >= 15 is 0 Å². The van der Waals surface area contributed by atoms with Gasteiger partial charge in [0.15, 0.2) is 0 Å². The largest absolute Gasteiger partial charge is 0.469 e. The average Bonchev–Trinajstić information content (AvgIpc) is 3.00. The standard InChI is InChI=1S/C38H79O5P/c39-37-35-33-31-29-27-25-23-21-19-17-15-13-11-9-7-5-3-1-2-4-6-8-10-12-14-16-18-20-22-24-26-28-30-32-34-36-38-43-44(40,41)42/h39H,1-38H2,(H2,40,41,42). The van der Waals surface area contributed by atoms with Gasteiger partial charge in [-0.3, -0.25) is 4.52 Å². The Morgan fingerprint density at radius 1 is 0.295 bits per heavy atom. The second kappa shape index (κ2) is 37.5. The molecule has 44 heavy (non-hydrogen) atoms. The van der Waals surface area contributed by atoms with Gasteiger partial charge in [0.1, 0.15) is 0 Å². The third-order valence-corrected chi connectivity index (χ3v) is 9.83. The van der Waals surface area contributed by atoms with Crippen LogP contribution in [0.15, 0.2) is 0 Å². The molecule has 0 aliphatic rings. The van der Waals surface area contributed by atoms with Crippen molar-refractivity contribution in [3.8, 4) is 0 Å². The van der Waals surface area contributed by atoms with Crippen LogP contribution in [0.3, 0.4) is 0 Å². The van der Waals surface area contributed by atoms with Gasteiger partial charge in [-0.2, -0.15) is 0 Å². The van der Waals surface area contributed by atoms with E-state index in [-0.39, 0.29) is 6.61 Å². The fraction of sp³-hybridized carbons (Fsp3) is 1.00. The van der Waals surface area contributed by atoms with Gasteiger partial charge in [0.25, 0.3) is 0 Å². The third-order valence-electron chi connectivity index (χ3n) is 9.31. The molecule has 266 valence electrons. The third kappa shape index (κ3) is 42.1. The molecule has 0 saturated heterocycles. The maximum atomic E-state index is 10.6. The quantitative estimate of drug-likeness (QED) is 0.0457. The van der Waals surface area contributed by atoms with Crippen molar-refractivity contribution in [2.24, 2.45) is 0 Å². The first kappa shape index (κ1) is 44.1. The highest BCUT2D eigenvalue weighted by Crippen LogP contribution is 2.35. The van der Waals surface area contributed by atoms with Gasteiger partial charge in [-0.15, -0.1) is 0 Å². The van der Waals surface area contributed by atoms with Crippen LogP contribution in [0, 0.1) is 0 Å². The Kier molecular flexibility index (Phi) is 37.6. The van der Waals surface area contributed by atoms with Gasteiger partial charge < -0.3 is 14.9 Å². The van der Waals surface area contributed by atoms with Crippen molar-refractivity contribution in [1.82, 2.24) is 0 Å². The predicted molar refractivity (Wildman–Crippen MR) is 191 cm³/mol. The maximum Gasteiger partial charge on any atom is 0.469 e. The summed E-state index contributed by atoms with van der Waals surface area (Å²) in [6, 6.07) is 0. The highest BCUT2D eigenvalue weighted by Gasteiger charge is 2.12. The van der Waals surface area contributed by atoms with Crippen LogP contribution in [0.4, 0.5) is 0 Å². The summed E-state index contributed by atoms with van der Waals surface area (Å²) in [5.41, 5.74) is 0. The lowest BCUT2D eigenvalue weighted by Crippen LogP contribution is -1.92. The van der Waals surface area contributed by atoms with Crippen LogP contribution < -0.4 is 0 Å². The van der Waals surface area contributed by atoms with E-state index in [1.165, 1.54) is 205 Å². The van der Waals surface area contributed by atoms with Crippen LogP contribution in [-0.2, 0) is 9.09 Å². The Labute approximate surface area is 275 Å². The summed E-state index contributed by atoms with van der Waals surface area (Å²) in [6.45, 7) is 0.533. The number of phosphoric acid groups is 1. The van der Waals surface area contributed by atoms with E-state index in [1.807, 2.05) is 0 Å². The molecule has 0 fully saturated rings. The lowest BCUT2D eigenvalue weighted by molar-refractivity contribution is 0.193. The lowest BCUT2D eigenvalue weighted by Gasteiger charge is -2.05.